The number of ether oxygens (including phenoxy) is 1. The summed E-state index contributed by atoms with van der Waals surface area (Å²) in [6, 6.07) is 12.1. The van der Waals surface area contributed by atoms with E-state index in [1.54, 1.807) is 30.3 Å². The standard InChI is InChI=1S/C17H17NO3/c1-11-4-5-14(10-12(11)2)17(20)21-16-8-6-15(7-9-16)18-13(3)19/h4-10H,1-3H3,(H,18,19). The second kappa shape index (κ2) is 6.22. The summed E-state index contributed by atoms with van der Waals surface area (Å²) >= 11 is 0. The summed E-state index contributed by atoms with van der Waals surface area (Å²) in [4.78, 5) is 23.0. The number of aryl methyl sites for hydroxylation is 2. The van der Waals surface area contributed by atoms with Crippen LogP contribution in [0, 0.1) is 13.8 Å². The molecule has 0 saturated heterocycles. The highest BCUT2D eigenvalue weighted by atomic mass is 16.5. The summed E-state index contributed by atoms with van der Waals surface area (Å²) < 4.78 is 5.30. The van der Waals surface area contributed by atoms with Crippen molar-refractivity contribution in [2.24, 2.45) is 0 Å². The fourth-order valence-electron chi connectivity index (χ4n) is 1.84. The van der Waals surface area contributed by atoms with Crippen LogP contribution >= 0.6 is 0 Å². The number of anilines is 1. The van der Waals surface area contributed by atoms with E-state index >= 15 is 0 Å². The van der Waals surface area contributed by atoms with Gasteiger partial charge in [-0.05, 0) is 61.4 Å². The first-order chi connectivity index (χ1) is 9.95. The molecule has 0 aliphatic heterocycles. The minimum absolute atomic E-state index is 0.144. The van der Waals surface area contributed by atoms with E-state index < -0.39 is 5.97 Å². The molecule has 1 N–H and O–H groups in total. The van der Waals surface area contributed by atoms with Gasteiger partial charge in [0.05, 0.1) is 5.56 Å². The van der Waals surface area contributed by atoms with Crippen molar-refractivity contribution in [3.8, 4) is 5.75 Å². The van der Waals surface area contributed by atoms with E-state index in [1.807, 2.05) is 26.0 Å². The third kappa shape index (κ3) is 3.92. The lowest BCUT2D eigenvalue weighted by Crippen LogP contribution is -2.09. The van der Waals surface area contributed by atoms with Gasteiger partial charge in [-0.25, -0.2) is 4.79 Å². The van der Waals surface area contributed by atoms with E-state index in [0.717, 1.165) is 11.1 Å². The Labute approximate surface area is 123 Å². The maximum atomic E-state index is 12.0. The Morgan fingerprint density at radius 2 is 1.62 bits per heavy atom. The number of carbonyl (C=O) groups is 2. The van der Waals surface area contributed by atoms with Crippen LogP contribution in [0.1, 0.15) is 28.4 Å². The lowest BCUT2D eigenvalue weighted by Gasteiger charge is -2.07. The van der Waals surface area contributed by atoms with Crippen LogP contribution < -0.4 is 10.1 Å². The van der Waals surface area contributed by atoms with Gasteiger partial charge in [0.25, 0.3) is 0 Å². The van der Waals surface area contributed by atoms with Crippen molar-refractivity contribution in [2.45, 2.75) is 20.8 Å². The average molecular weight is 283 g/mol. The van der Waals surface area contributed by atoms with Crippen LogP contribution in [0.15, 0.2) is 42.5 Å². The van der Waals surface area contributed by atoms with Crippen molar-refractivity contribution in [1.82, 2.24) is 0 Å². The molecule has 0 fully saturated rings. The highest BCUT2D eigenvalue weighted by Gasteiger charge is 2.09. The normalized spacial score (nSPS) is 10.0. The van der Waals surface area contributed by atoms with E-state index in [2.05, 4.69) is 5.32 Å². The summed E-state index contributed by atoms with van der Waals surface area (Å²) in [7, 11) is 0. The fraction of sp³-hybridized carbons (Fsp3) is 0.176. The van der Waals surface area contributed by atoms with E-state index in [9.17, 15) is 9.59 Å². The third-order valence-electron chi connectivity index (χ3n) is 3.13. The summed E-state index contributed by atoms with van der Waals surface area (Å²) in [5, 5.41) is 2.65. The van der Waals surface area contributed by atoms with Gasteiger partial charge in [-0.1, -0.05) is 6.07 Å². The smallest absolute Gasteiger partial charge is 0.343 e. The van der Waals surface area contributed by atoms with Crippen molar-refractivity contribution >= 4 is 17.6 Å². The van der Waals surface area contributed by atoms with Gasteiger partial charge >= 0.3 is 5.97 Å². The third-order valence-corrected chi connectivity index (χ3v) is 3.13. The number of amides is 1. The molecule has 0 aromatic heterocycles. The minimum atomic E-state index is -0.398. The van der Waals surface area contributed by atoms with Gasteiger partial charge in [0.2, 0.25) is 5.91 Å². The summed E-state index contributed by atoms with van der Waals surface area (Å²) in [6.45, 7) is 5.38. The van der Waals surface area contributed by atoms with Crippen molar-refractivity contribution in [3.05, 3.63) is 59.2 Å². The van der Waals surface area contributed by atoms with E-state index in [1.165, 1.54) is 6.92 Å². The zero-order valence-corrected chi connectivity index (χ0v) is 12.3. The molecule has 0 saturated carbocycles. The molecule has 0 heterocycles. The number of benzene rings is 2. The molecule has 4 nitrogen and oxygen atoms in total. The van der Waals surface area contributed by atoms with E-state index in [-0.39, 0.29) is 5.91 Å². The first-order valence-electron chi connectivity index (χ1n) is 6.63. The lowest BCUT2D eigenvalue weighted by atomic mass is 10.1. The number of hydrogen-bond donors (Lipinski definition) is 1. The molecule has 4 heteroatoms. The molecule has 0 bridgehead atoms. The molecule has 21 heavy (non-hydrogen) atoms. The van der Waals surface area contributed by atoms with Crippen molar-refractivity contribution < 1.29 is 14.3 Å². The quantitative estimate of drug-likeness (QED) is 0.693. The Balaban J connectivity index is 2.08. The van der Waals surface area contributed by atoms with Gasteiger partial charge in [-0.3, -0.25) is 4.79 Å². The molecule has 2 aromatic rings. The van der Waals surface area contributed by atoms with Crippen LogP contribution in [-0.4, -0.2) is 11.9 Å². The molecule has 0 aliphatic carbocycles. The second-order valence-corrected chi connectivity index (χ2v) is 4.89. The number of nitrogens with one attached hydrogen (secondary N) is 1. The number of hydrogen-bond acceptors (Lipinski definition) is 3. The molecule has 0 spiro atoms. The van der Waals surface area contributed by atoms with E-state index in [4.69, 9.17) is 4.74 Å². The van der Waals surface area contributed by atoms with Gasteiger partial charge in [-0.15, -0.1) is 0 Å². The molecule has 0 atom stereocenters. The fourth-order valence-corrected chi connectivity index (χ4v) is 1.84. The van der Waals surface area contributed by atoms with E-state index in [0.29, 0.717) is 17.0 Å². The SMILES string of the molecule is CC(=O)Nc1ccc(OC(=O)c2ccc(C)c(C)c2)cc1. The Morgan fingerprint density at radius 1 is 0.952 bits per heavy atom. The molecule has 0 unspecified atom stereocenters. The van der Waals surface area contributed by atoms with Gasteiger partial charge in [0.1, 0.15) is 5.75 Å². The topological polar surface area (TPSA) is 55.4 Å². The van der Waals surface area contributed by atoms with Crippen LogP contribution in [-0.2, 0) is 4.79 Å². The Hall–Kier alpha value is -2.62. The summed E-state index contributed by atoms with van der Waals surface area (Å²) in [6.07, 6.45) is 0. The largest absolute Gasteiger partial charge is 0.423 e. The van der Waals surface area contributed by atoms with Crippen LogP contribution in [0.4, 0.5) is 5.69 Å². The zero-order chi connectivity index (χ0) is 15.4. The number of rotatable bonds is 3. The summed E-state index contributed by atoms with van der Waals surface area (Å²) in [5.74, 6) is -0.104. The van der Waals surface area contributed by atoms with Crippen LogP contribution in [0.5, 0.6) is 5.75 Å². The van der Waals surface area contributed by atoms with Crippen LogP contribution in [0.25, 0.3) is 0 Å². The maximum Gasteiger partial charge on any atom is 0.343 e. The predicted octanol–water partition coefficient (Wildman–Crippen LogP) is 3.48. The molecule has 108 valence electrons. The Kier molecular flexibility index (Phi) is 4.38. The molecule has 0 aliphatic rings. The molecule has 1 amide bonds. The average Bonchev–Trinajstić information content (AvgIpc) is 2.43. The first-order valence-corrected chi connectivity index (χ1v) is 6.63. The van der Waals surface area contributed by atoms with Crippen LogP contribution in [0.3, 0.4) is 0 Å². The Morgan fingerprint density at radius 3 is 2.19 bits per heavy atom. The molecule has 2 aromatic carbocycles. The van der Waals surface area contributed by atoms with Crippen molar-refractivity contribution in [2.75, 3.05) is 5.32 Å². The monoisotopic (exact) mass is 283 g/mol. The minimum Gasteiger partial charge on any atom is -0.423 e. The molecule has 2 rings (SSSR count). The van der Waals surface area contributed by atoms with Crippen molar-refractivity contribution in [1.29, 1.82) is 0 Å². The summed E-state index contributed by atoms with van der Waals surface area (Å²) in [5.41, 5.74) is 3.36. The van der Waals surface area contributed by atoms with Gasteiger partial charge in [0, 0.05) is 12.6 Å². The molecule has 0 radical (unpaired) electrons. The highest BCUT2D eigenvalue weighted by Crippen LogP contribution is 2.18. The predicted molar refractivity (Wildman–Crippen MR) is 81.6 cm³/mol. The first kappa shape index (κ1) is 14.8. The van der Waals surface area contributed by atoms with Crippen molar-refractivity contribution in [3.63, 3.8) is 0 Å². The second-order valence-electron chi connectivity index (χ2n) is 4.89. The Bertz CT molecular complexity index is 675. The zero-order valence-electron chi connectivity index (χ0n) is 12.3. The number of esters is 1. The van der Waals surface area contributed by atoms with Gasteiger partial charge in [0.15, 0.2) is 0 Å². The number of carbonyl (C=O) groups excluding carboxylic acids is 2. The maximum absolute atomic E-state index is 12.0. The lowest BCUT2D eigenvalue weighted by molar-refractivity contribution is -0.114. The van der Waals surface area contributed by atoms with Gasteiger partial charge in [-0.2, -0.15) is 0 Å². The molecular formula is C17H17NO3. The van der Waals surface area contributed by atoms with Crippen LogP contribution in [0.2, 0.25) is 0 Å². The highest BCUT2D eigenvalue weighted by molar-refractivity contribution is 5.91. The van der Waals surface area contributed by atoms with Gasteiger partial charge < -0.3 is 10.1 Å². The molecular weight excluding hydrogens is 266 g/mol.